The van der Waals surface area contributed by atoms with Crippen LogP contribution in [-0.2, 0) is 0 Å². The van der Waals surface area contributed by atoms with Crippen LogP contribution in [0.2, 0.25) is 5.15 Å². The molecule has 2 aromatic heterocycles. The van der Waals surface area contributed by atoms with Gasteiger partial charge in [0, 0.05) is 11.1 Å². The zero-order chi connectivity index (χ0) is 11.4. The second-order valence-electron chi connectivity index (χ2n) is 2.78. The first-order chi connectivity index (χ1) is 7.83. The molecule has 0 aliphatic heterocycles. The van der Waals surface area contributed by atoms with Crippen LogP contribution in [0.1, 0.15) is 5.56 Å². The van der Waals surface area contributed by atoms with E-state index in [0.29, 0.717) is 21.7 Å². The summed E-state index contributed by atoms with van der Waals surface area (Å²) in [5, 5.41) is 3.66. The van der Waals surface area contributed by atoms with Gasteiger partial charge in [-0.15, -0.1) is 0 Å². The third-order valence-electron chi connectivity index (χ3n) is 1.85. The zero-order valence-electron chi connectivity index (χ0n) is 7.98. The molecule has 16 heavy (non-hydrogen) atoms. The number of nitrogens with one attached hydrogen (secondary N) is 1. The van der Waals surface area contributed by atoms with Gasteiger partial charge < -0.3 is 4.98 Å². The van der Waals surface area contributed by atoms with E-state index in [1.807, 2.05) is 0 Å². The number of azide groups is 1. The van der Waals surface area contributed by atoms with Gasteiger partial charge in [-0.1, -0.05) is 28.6 Å². The molecule has 0 atom stereocenters. The van der Waals surface area contributed by atoms with Gasteiger partial charge in [-0.05, 0) is 5.53 Å². The maximum Gasteiger partial charge on any atom is 0.156 e. The van der Waals surface area contributed by atoms with Crippen LogP contribution in [0.25, 0.3) is 21.5 Å². The van der Waals surface area contributed by atoms with Crippen molar-refractivity contribution < 1.29 is 0 Å². The number of hydrogen-bond acceptors (Lipinski definition) is 3. The van der Waals surface area contributed by atoms with Crippen molar-refractivity contribution in [2.45, 2.75) is 0 Å². The lowest BCUT2D eigenvalue weighted by Crippen LogP contribution is -1.82. The molecule has 0 aromatic carbocycles. The number of aromatic amines is 1. The minimum atomic E-state index is 0.127. The number of halogens is 1. The molecule has 0 amide bonds. The van der Waals surface area contributed by atoms with Crippen LogP contribution in [0, 0.1) is 11.8 Å². The maximum atomic E-state index is 8.08. The number of aromatic nitrogens is 3. The molecule has 78 valence electrons. The van der Waals surface area contributed by atoms with E-state index in [9.17, 15) is 0 Å². The van der Waals surface area contributed by atoms with Gasteiger partial charge in [-0.25, -0.2) is 9.97 Å². The van der Waals surface area contributed by atoms with E-state index < -0.39 is 0 Å². The fraction of sp³-hybridized carbons (Fsp3) is 0.111. The summed E-state index contributed by atoms with van der Waals surface area (Å²) >= 11 is 5.86. The molecule has 1 N–H and O–H groups in total. The van der Waals surface area contributed by atoms with Crippen LogP contribution in [0.3, 0.4) is 0 Å². The molecule has 0 aliphatic carbocycles. The predicted octanol–water partition coefficient (Wildman–Crippen LogP) is 2.27. The molecule has 2 heterocycles. The van der Waals surface area contributed by atoms with Gasteiger partial charge in [-0.2, -0.15) is 0 Å². The maximum absolute atomic E-state index is 8.08. The van der Waals surface area contributed by atoms with Gasteiger partial charge in [0.1, 0.15) is 17.4 Å². The highest BCUT2D eigenvalue weighted by Gasteiger charge is 2.05. The summed E-state index contributed by atoms with van der Waals surface area (Å²) in [5.41, 5.74) is 10.1. The summed E-state index contributed by atoms with van der Waals surface area (Å²) in [5.74, 6) is 5.54. The summed E-state index contributed by atoms with van der Waals surface area (Å²) in [7, 11) is 0. The second kappa shape index (κ2) is 4.53. The van der Waals surface area contributed by atoms with Crippen LogP contribution in [0.5, 0.6) is 0 Å². The topological polar surface area (TPSA) is 90.3 Å². The van der Waals surface area contributed by atoms with E-state index >= 15 is 0 Å². The average Bonchev–Trinajstić information content (AvgIpc) is 2.70. The Morgan fingerprint density at radius 3 is 3.25 bits per heavy atom. The molecule has 6 nitrogen and oxygen atoms in total. The Hall–Kier alpha value is -2.22. The third-order valence-corrected chi connectivity index (χ3v) is 2.14. The Kier molecular flexibility index (Phi) is 2.92. The molecule has 0 saturated heterocycles. The molecule has 0 radical (unpaired) electrons. The summed E-state index contributed by atoms with van der Waals surface area (Å²) in [6.07, 6.45) is 3.06. The monoisotopic (exact) mass is 232 g/mol. The highest BCUT2D eigenvalue weighted by Crippen LogP contribution is 2.19. The fourth-order valence-electron chi connectivity index (χ4n) is 1.21. The highest BCUT2D eigenvalue weighted by atomic mass is 35.5. The standard InChI is InChI=1S/C9H5ClN6/c10-9-8-7(13-5-14-9)6(4-12-8)2-1-3-15-16-11/h4-5,12H,3H2. The van der Waals surface area contributed by atoms with Crippen LogP contribution in [0.15, 0.2) is 17.6 Å². The summed E-state index contributed by atoms with van der Waals surface area (Å²) in [4.78, 5) is 13.4. The number of fused-ring (bicyclic) bond motifs is 1. The van der Waals surface area contributed by atoms with Gasteiger partial charge in [-0.3, -0.25) is 0 Å². The van der Waals surface area contributed by atoms with E-state index in [1.165, 1.54) is 6.33 Å². The lowest BCUT2D eigenvalue weighted by molar-refractivity contribution is 1.22. The van der Waals surface area contributed by atoms with Gasteiger partial charge in [0.25, 0.3) is 0 Å². The number of rotatable bonds is 1. The lowest BCUT2D eigenvalue weighted by Gasteiger charge is -1.90. The molecule has 2 rings (SSSR count). The fourth-order valence-corrected chi connectivity index (χ4v) is 1.39. The van der Waals surface area contributed by atoms with Crippen molar-refractivity contribution in [1.82, 2.24) is 15.0 Å². The molecule has 0 saturated carbocycles. The molecular weight excluding hydrogens is 228 g/mol. The second-order valence-corrected chi connectivity index (χ2v) is 3.14. The van der Waals surface area contributed by atoms with Gasteiger partial charge in [0.2, 0.25) is 0 Å². The van der Waals surface area contributed by atoms with Gasteiger partial charge in [0.05, 0.1) is 12.1 Å². The molecule has 0 spiro atoms. The van der Waals surface area contributed by atoms with Crippen LogP contribution >= 0.6 is 11.6 Å². The van der Waals surface area contributed by atoms with Crippen LogP contribution in [0.4, 0.5) is 0 Å². The third kappa shape index (κ3) is 1.91. The Balaban J connectivity index is 2.41. The number of nitrogens with zero attached hydrogens (tertiary/aromatic N) is 5. The molecule has 0 unspecified atom stereocenters. The minimum absolute atomic E-state index is 0.127. The number of H-pyrrole nitrogens is 1. The molecule has 0 fully saturated rings. The predicted molar refractivity (Wildman–Crippen MR) is 59.8 cm³/mol. The average molecular weight is 233 g/mol. The first-order valence-electron chi connectivity index (χ1n) is 4.30. The Labute approximate surface area is 95.3 Å². The van der Waals surface area contributed by atoms with Crippen molar-refractivity contribution in [1.29, 1.82) is 0 Å². The van der Waals surface area contributed by atoms with E-state index in [1.54, 1.807) is 6.20 Å². The molecule has 7 heteroatoms. The van der Waals surface area contributed by atoms with Crippen LogP contribution in [-0.4, -0.2) is 21.5 Å². The van der Waals surface area contributed by atoms with E-state index in [4.69, 9.17) is 17.1 Å². The molecule has 0 bridgehead atoms. The summed E-state index contributed by atoms with van der Waals surface area (Å²) in [6, 6.07) is 0. The van der Waals surface area contributed by atoms with E-state index in [0.717, 1.165) is 0 Å². The Morgan fingerprint density at radius 1 is 1.56 bits per heavy atom. The largest absolute Gasteiger partial charge is 0.356 e. The summed E-state index contributed by atoms with van der Waals surface area (Å²) < 4.78 is 0. The quantitative estimate of drug-likeness (QED) is 0.269. The number of hydrogen-bond donors (Lipinski definition) is 1. The van der Waals surface area contributed by atoms with Crippen molar-refractivity contribution in [3.05, 3.63) is 33.7 Å². The zero-order valence-corrected chi connectivity index (χ0v) is 8.73. The van der Waals surface area contributed by atoms with E-state index in [2.05, 4.69) is 36.8 Å². The van der Waals surface area contributed by atoms with Gasteiger partial charge in [0.15, 0.2) is 5.15 Å². The van der Waals surface area contributed by atoms with E-state index in [-0.39, 0.29) is 6.54 Å². The first kappa shape index (κ1) is 10.3. The Bertz CT molecular complexity index is 628. The molecule has 0 aliphatic rings. The smallest absolute Gasteiger partial charge is 0.156 e. The van der Waals surface area contributed by atoms with Crippen molar-refractivity contribution in [3.63, 3.8) is 0 Å². The van der Waals surface area contributed by atoms with Crippen molar-refractivity contribution in [3.8, 4) is 11.8 Å². The normalized spacial score (nSPS) is 9.31. The van der Waals surface area contributed by atoms with Crippen molar-refractivity contribution in [2.24, 2.45) is 5.11 Å². The molecule has 2 aromatic rings. The van der Waals surface area contributed by atoms with Gasteiger partial charge >= 0.3 is 0 Å². The lowest BCUT2D eigenvalue weighted by atomic mass is 10.3. The molecular formula is C9H5ClN6. The highest BCUT2D eigenvalue weighted by molar-refractivity contribution is 6.33. The minimum Gasteiger partial charge on any atom is -0.356 e. The van der Waals surface area contributed by atoms with Crippen molar-refractivity contribution >= 4 is 22.6 Å². The Morgan fingerprint density at radius 2 is 2.44 bits per heavy atom. The summed E-state index contributed by atoms with van der Waals surface area (Å²) in [6.45, 7) is 0.127. The first-order valence-corrected chi connectivity index (χ1v) is 4.68. The van der Waals surface area contributed by atoms with Crippen LogP contribution < -0.4 is 0 Å². The van der Waals surface area contributed by atoms with Crippen molar-refractivity contribution in [2.75, 3.05) is 6.54 Å². The SMILES string of the molecule is [N-]=[N+]=NCC#Cc1c[nH]c2c(Cl)ncnc12.